The van der Waals surface area contributed by atoms with Gasteiger partial charge in [-0.15, -0.1) is 10.2 Å². The number of benzene rings is 2. The zero-order chi connectivity index (χ0) is 20.8. The molecule has 3 N–H and O–H groups in total. The van der Waals surface area contributed by atoms with Crippen molar-refractivity contribution in [3.8, 4) is 23.0 Å². The summed E-state index contributed by atoms with van der Waals surface area (Å²) in [6.07, 6.45) is 2.56. The van der Waals surface area contributed by atoms with Gasteiger partial charge in [0.1, 0.15) is 17.2 Å². The molecule has 0 saturated heterocycles. The van der Waals surface area contributed by atoms with Crippen LogP contribution in [0.1, 0.15) is 12.5 Å². The molecule has 2 amide bonds. The van der Waals surface area contributed by atoms with Crippen molar-refractivity contribution in [2.24, 2.45) is 0 Å². The summed E-state index contributed by atoms with van der Waals surface area (Å²) in [5.41, 5.74) is 3.14. The van der Waals surface area contributed by atoms with E-state index in [1.807, 2.05) is 24.3 Å². The van der Waals surface area contributed by atoms with E-state index in [1.165, 1.54) is 5.56 Å². The predicted octanol–water partition coefficient (Wildman–Crippen LogP) is 4.26. The van der Waals surface area contributed by atoms with Crippen LogP contribution in [0.15, 0.2) is 66.9 Å². The SMILES string of the molecule is CCc1ccc(NC(=O)Nc2ccc(Oc3ccnc(-c4nn[nH]n4)c3)cc2)cc1. The second-order valence-electron chi connectivity index (χ2n) is 6.37. The smallest absolute Gasteiger partial charge is 0.323 e. The van der Waals surface area contributed by atoms with Crippen molar-refractivity contribution in [2.75, 3.05) is 10.6 Å². The van der Waals surface area contributed by atoms with Gasteiger partial charge in [-0.2, -0.15) is 5.21 Å². The van der Waals surface area contributed by atoms with Gasteiger partial charge in [0.25, 0.3) is 0 Å². The molecule has 0 spiro atoms. The molecule has 2 aromatic carbocycles. The molecule has 0 bridgehead atoms. The summed E-state index contributed by atoms with van der Waals surface area (Å²) in [5.74, 6) is 1.58. The fraction of sp³-hybridized carbons (Fsp3) is 0.0952. The summed E-state index contributed by atoms with van der Waals surface area (Å²) in [6.45, 7) is 2.09. The molecule has 0 aliphatic carbocycles. The van der Waals surface area contributed by atoms with Crippen molar-refractivity contribution in [1.82, 2.24) is 25.6 Å². The molecule has 2 aromatic heterocycles. The van der Waals surface area contributed by atoms with Crippen LogP contribution < -0.4 is 15.4 Å². The third-order valence-electron chi connectivity index (χ3n) is 4.27. The lowest BCUT2D eigenvalue weighted by atomic mass is 10.1. The van der Waals surface area contributed by atoms with Gasteiger partial charge >= 0.3 is 6.03 Å². The molecule has 0 radical (unpaired) electrons. The molecular formula is C21H19N7O2. The van der Waals surface area contributed by atoms with Gasteiger partial charge in [-0.25, -0.2) is 4.79 Å². The first-order valence-corrected chi connectivity index (χ1v) is 9.34. The van der Waals surface area contributed by atoms with Gasteiger partial charge in [0.2, 0.25) is 5.82 Å². The molecule has 0 aliphatic heterocycles. The van der Waals surface area contributed by atoms with Crippen molar-refractivity contribution in [1.29, 1.82) is 0 Å². The van der Waals surface area contributed by atoms with E-state index in [1.54, 1.807) is 42.6 Å². The number of nitrogens with one attached hydrogen (secondary N) is 3. The van der Waals surface area contributed by atoms with Gasteiger partial charge in [-0.3, -0.25) is 4.98 Å². The number of ether oxygens (including phenoxy) is 1. The predicted molar refractivity (Wildman–Crippen MR) is 112 cm³/mol. The number of anilines is 2. The van der Waals surface area contributed by atoms with Gasteiger partial charge in [0, 0.05) is 23.6 Å². The summed E-state index contributed by atoms with van der Waals surface area (Å²) in [7, 11) is 0. The highest BCUT2D eigenvalue weighted by Gasteiger charge is 2.07. The van der Waals surface area contributed by atoms with Crippen LogP contribution in [0.5, 0.6) is 11.5 Å². The summed E-state index contributed by atoms with van der Waals surface area (Å²) in [4.78, 5) is 16.4. The number of rotatable bonds is 6. The van der Waals surface area contributed by atoms with Gasteiger partial charge in [0.15, 0.2) is 0 Å². The lowest BCUT2D eigenvalue weighted by Gasteiger charge is -2.10. The highest BCUT2D eigenvalue weighted by molar-refractivity contribution is 5.99. The number of nitrogens with zero attached hydrogens (tertiary/aromatic N) is 4. The van der Waals surface area contributed by atoms with Gasteiger partial charge in [-0.05, 0) is 59.7 Å². The Kier molecular flexibility index (Phi) is 5.61. The Balaban J connectivity index is 1.36. The van der Waals surface area contributed by atoms with Crippen molar-refractivity contribution in [3.05, 3.63) is 72.4 Å². The number of tetrazole rings is 1. The monoisotopic (exact) mass is 401 g/mol. The number of carbonyl (C=O) groups is 1. The summed E-state index contributed by atoms with van der Waals surface area (Å²) < 4.78 is 5.84. The maximum absolute atomic E-state index is 12.2. The molecule has 0 aliphatic rings. The quantitative estimate of drug-likeness (QED) is 0.444. The van der Waals surface area contributed by atoms with Crippen LogP contribution in [0.3, 0.4) is 0 Å². The molecule has 0 fully saturated rings. The van der Waals surface area contributed by atoms with Crippen molar-refractivity contribution in [3.63, 3.8) is 0 Å². The molecule has 4 aromatic rings. The number of aromatic amines is 1. The summed E-state index contributed by atoms with van der Waals surface area (Å²) in [5, 5.41) is 19.3. The van der Waals surface area contributed by atoms with Crippen LogP contribution in [0.25, 0.3) is 11.5 Å². The Hall–Kier alpha value is -4.27. The second kappa shape index (κ2) is 8.82. The molecule has 9 heteroatoms. The number of hydrogen-bond donors (Lipinski definition) is 3. The first kappa shape index (κ1) is 19.1. The first-order chi connectivity index (χ1) is 14.7. The van der Waals surface area contributed by atoms with Crippen LogP contribution in [-0.2, 0) is 6.42 Å². The topological polar surface area (TPSA) is 118 Å². The van der Waals surface area contributed by atoms with Gasteiger partial charge < -0.3 is 15.4 Å². The van der Waals surface area contributed by atoms with Crippen LogP contribution in [0, 0.1) is 0 Å². The van der Waals surface area contributed by atoms with Crippen LogP contribution in [0.4, 0.5) is 16.2 Å². The van der Waals surface area contributed by atoms with Crippen molar-refractivity contribution >= 4 is 17.4 Å². The van der Waals surface area contributed by atoms with Gasteiger partial charge in [0.05, 0.1) is 0 Å². The molecule has 9 nitrogen and oxygen atoms in total. The molecule has 4 rings (SSSR count). The number of H-pyrrole nitrogens is 1. The molecule has 150 valence electrons. The fourth-order valence-electron chi connectivity index (χ4n) is 2.73. The third kappa shape index (κ3) is 4.76. The molecular weight excluding hydrogens is 382 g/mol. The van der Waals surface area contributed by atoms with E-state index in [0.717, 1.165) is 12.1 Å². The summed E-state index contributed by atoms with van der Waals surface area (Å²) in [6, 6.07) is 17.9. The maximum atomic E-state index is 12.2. The lowest BCUT2D eigenvalue weighted by molar-refractivity contribution is 0.262. The molecule has 30 heavy (non-hydrogen) atoms. The number of aryl methyl sites for hydroxylation is 1. The minimum Gasteiger partial charge on any atom is -0.457 e. The minimum absolute atomic E-state index is 0.313. The number of carbonyl (C=O) groups excluding carboxylic acids is 1. The average Bonchev–Trinajstić information content (AvgIpc) is 3.31. The number of hydrogen-bond acceptors (Lipinski definition) is 6. The van der Waals surface area contributed by atoms with E-state index >= 15 is 0 Å². The van der Waals surface area contributed by atoms with E-state index in [4.69, 9.17) is 4.74 Å². The average molecular weight is 401 g/mol. The van der Waals surface area contributed by atoms with Crippen molar-refractivity contribution in [2.45, 2.75) is 13.3 Å². The Bertz CT molecular complexity index is 1110. The van der Waals surface area contributed by atoms with E-state index in [2.05, 4.69) is 43.2 Å². The summed E-state index contributed by atoms with van der Waals surface area (Å²) >= 11 is 0. The first-order valence-electron chi connectivity index (χ1n) is 9.34. The van der Waals surface area contributed by atoms with Crippen LogP contribution in [-0.4, -0.2) is 31.6 Å². The Morgan fingerprint density at radius 1 is 0.967 bits per heavy atom. The van der Waals surface area contributed by atoms with E-state index in [0.29, 0.717) is 28.7 Å². The Morgan fingerprint density at radius 3 is 2.30 bits per heavy atom. The normalized spacial score (nSPS) is 10.4. The minimum atomic E-state index is -0.313. The molecule has 0 unspecified atom stereocenters. The molecule has 0 atom stereocenters. The Labute approximate surface area is 172 Å². The number of pyridine rings is 1. The number of amides is 2. The van der Waals surface area contributed by atoms with Crippen LogP contribution >= 0.6 is 0 Å². The zero-order valence-electron chi connectivity index (χ0n) is 16.2. The van der Waals surface area contributed by atoms with E-state index < -0.39 is 0 Å². The third-order valence-corrected chi connectivity index (χ3v) is 4.27. The zero-order valence-corrected chi connectivity index (χ0v) is 16.2. The highest BCUT2D eigenvalue weighted by Crippen LogP contribution is 2.25. The number of urea groups is 1. The molecule has 2 heterocycles. The fourth-order valence-corrected chi connectivity index (χ4v) is 2.73. The van der Waals surface area contributed by atoms with E-state index in [9.17, 15) is 4.79 Å². The largest absolute Gasteiger partial charge is 0.457 e. The highest BCUT2D eigenvalue weighted by atomic mass is 16.5. The van der Waals surface area contributed by atoms with E-state index in [-0.39, 0.29) is 6.03 Å². The Morgan fingerprint density at radius 2 is 1.67 bits per heavy atom. The second-order valence-corrected chi connectivity index (χ2v) is 6.37. The van der Waals surface area contributed by atoms with Crippen LogP contribution in [0.2, 0.25) is 0 Å². The maximum Gasteiger partial charge on any atom is 0.323 e. The van der Waals surface area contributed by atoms with Crippen molar-refractivity contribution < 1.29 is 9.53 Å². The van der Waals surface area contributed by atoms with Gasteiger partial charge in [-0.1, -0.05) is 19.1 Å². The number of aromatic nitrogens is 5. The lowest BCUT2D eigenvalue weighted by Crippen LogP contribution is -2.19. The molecule has 0 saturated carbocycles. The standard InChI is InChI=1S/C21H19N7O2/c1-2-14-3-5-15(6-4-14)23-21(29)24-16-7-9-17(10-8-16)30-18-11-12-22-19(13-18)20-25-27-28-26-20/h3-13H,2H2,1H3,(H2,23,24,29)(H,25,26,27,28).